The van der Waals surface area contributed by atoms with Crippen LogP contribution >= 0.6 is 0 Å². The molecule has 0 amide bonds. The van der Waals surface area contributed by atoms with Crippen LogP contribution in [0, 0.1) is 0 Å². The summed E-state index contributed by atoms with van der Waals surface area (Å²) in [6, 6.07) is 0. The maximum atomic E-state index is 10.7. The number of ether oxygens (including phenoxy) is 1. The van der Waals surface area contributed by atoms with Gasteiger partial charge in [0.15, 0.2) is 0 Å². The van der Waals surface area contributed by atoms with E-state index in [4.69, 9.17) is 9.29 Å². The van der Waals surface area contributed by atoms with Crippen molar-refractivity contribution in [1.82, 2.24) is 5.32 Å². The van der Waals surface area contributed by atoms with Gasteiger partial charge in [-0.2, -0.15) is 8.42 Å². The molecule has 2 N–H and O–H groups in total. The molecule has 1 saturated heterocycles. The fourth-order valence-electron chi connectivity index (χ4n) is 0.871. The zero-order valence-electron chi connectivity index (χ0n) is 6.20. The van der Waals surface area contributed by atoms with Crippen molar-refractivity contribution in [3.63, 3.8) is 0 Å². The van der Waals surface area contributed by atoms with Crippen molar-refractivity contribution in [2.24, 2.45) is 0 Å². The molecule has 1 unspecified atom stereocenters. The van der Waals surface area contributed by atoms with Gasteiger partial charge in [-0.15, -0.1) is 0 Å². The first-order valence-corrected chi connectivity index (χ1v) is 4.71. The molecule has 1 aliphatic heterocycles. The normalized spacial score (nSPS) is 33.6. The Balaban J connectivity index is 2.81. The molecule has 1 fully saturated rings. The predicted octanol–water partition coefficient (Wildman–Crippen LogP) is -0.790. The van der Waals surface area contributed by atoms with Gasteiger partial charge in [0.25, 0.3) is 10.1 Å². The SMILES string of the molecule is CC1(S(=O)(=O)O)CNCCO1. The highest BCUT2D eigenvalue weighted by Gasteiger charge is 2.40. The second kappa shape index (κ2) is 2.71. The number of morpholine rings is 1. The summed E-state index contributed by atoms with van der Waals surface area (Å²) in [5.74, 6) is 0. The molecule has 11 heavy (non-hydrogen) atoms. The van der Waals surface area contributed by atoms with E-state index in [1.165, 1.54) is 6.92 Å². The van der Waals surface area contributed by atoms with Crippen LogP contribution in [0.5, 0.6) is 0 Å². The summed E-state index contributed by atoms with van der Waals surface area (Å²) in [4.78, 5) is -1.47. The highest BCUT2D eigenvalue weighted by atomic mass is 32.2. The van der Waals surface area contributed by atoms with Crippen molar-refractivity contribution >= 4 is 10.1 Å². The summed E-state index contributed by atoms with van der Waals surface area (Å²) in [5.41, 5.74) is 0. The average Bonchev–Trinajstić information content (AvgIpc) is 1.87. The first-order valence-electron chi connectivity index (χ1n) is 3.27. The van der Waals surface area contributed by atoms with Crippen molar-refractivity contribution in [3.05, 3.63) is 0 Å². The van der Waals surface area contributed by atoms with Gasteiger partial charge in [0.1, 0.15) is 0 Å². The molecule has 0 aromatic heterocycles. The lowest BCUT2D eigenvalue weighted by molar-refractivity contribution is 0.00182. The number of hydrogen-bond donors (Lipinski definition) is 2. The highest BCUT2D eigenvalue weighted by Crippen LogP contribution is 2.18. The maximum Gasteiger partial charge on any atom is 0.296 e. The van der Waals surface area contributed by atoms with Crippen molar-refractivity contribution in [1.29, 1.82) is 0 Å². The van der Waals surface area contributed by atoms with E-state index in [9.17, 15) is 8.42 Å². The van der Waals surface area contributed by atoms with Crippen molar-refractivity contribution in [2.45, 2.75) is 11.9 Å². The molecule has 0 aliphatic carbocycles. The van der Waals surface area contributed by atoms with Gasteiger partial charge in [-0.3, -0.25) is 4.55 Å². The Hall–Kier alpha value is -0.170. The topological polar surface area (TPSA) is 75.6 Å². The van der Waals surface area contributed by atoms with E-state index in [1.807, 2.05) is 0 Å². The van der Waals surface area contributed by atoms with E-state index in [0.29, 0.717) is 13.2 Å². The molecule has 1 aliphatic rings. The van der Waals surface area contributed by atoms with Gasteiger partial charge < -0.3 is 10.1 Å². The highest BCUT2D eigenvalue weighted by molar-refractivity contribution is 7.87. The second-order valence-corrected chi connectivity index (χ2v) is 4.45. The Morgan fingerprint density at radius 3 is 2.55 bits per heavy atom. The minimum Gasteiger partial charge on any atom is -0.354 e. The Morgan fingerprint density at radius 2 is 2.27 bits per heavy atom. The fourth-order valence-corrected chi connectivity index (χ4v) is 1.39. The van der Waals surface area contributed by atoms with Gasteiger partial charge in [0.05, 0.1) is 6.61 Å². The minimum atomic E-state index is -4.11. The van der Waals surface area contributed by atoms with Gasteiger partial charge in [-0.1, -0.05) is 0 Å². The van der Waals surface area contributed by atoms with E-state index in [1.54, 1.807) is 0 Å². The van der Waals surface area contributed by atoms with Crippen molar-refractivity contribution < 1.29 is 17.7 Å². The largest absolute Gasteiger partial charge is 0.354 e. The Labute approximate surface area is 65.5 Å². The first-order chi connectivity index (χ1) is 4.96. The van der Waals surface area contributed by atoms with Crippen LogP contribution < -0.4 is 5.32 Å². The van der Waals surface area contributed by atoms with Gasteiger partial charge in [0.2, 0.25) is 4.93 Å². The van der Waals surface area contributed by atoms with Gasteiger partial charge in [-0.05, 0) is 6.92 Å². The van der Waals surface area contributed by atoms with Crippen LogP contribution in [0.2, 0.25) is 0 Å². The van der Waals surface area contributed by atoms with Crippen LogP contribution in [0.3, 0.4) is 0 Å². The summed E-state index contributed by atoms with van der Waals surface area (Å²) in [5, 5.41) is 2.82. The van der Waals surface area contributed by atoms with Crippen LogP contribution in [0.25, 0.3) is 0 Å². The van der Waals surface area contributed by atoms with Crippen LogP contribution in [0.1, 0.15) is 6.92 Å². The Bertz CT molecular complexity index is 229. The number of hydrogen-bond acceptors (Lipinski definition) is 4. The zero-order chi connectivity index (χ0) is 8.54. The summed E-state index contributed by atoms with van der Waals surface area (Å²) < 4.78 is 35.0. The molecule has 0 spiro atoms. The van der Waals surface area contributed by atoms with E-state index < -0.39 is 15.1 Å². The maximum absolute atomic E-state index is 10.7. The van der Waals surface area contributed by atoms with Crippen LogP contribution in [-0.2, 0) is 14.9 Å². The zero-order valence-corrected chi connectivity index (χ0v) is 7.02. The van der Waals surface area contributed by atoms with Crippen molar-refractivity contribution in [2.75, 3.05) is 19.7 Å². The number of nitrogens with one attached hydrogen (secondary N) is 1. The van der Waals surface area contributed by atoms with Gasteiger partial charge >= 0.3 is 0 Å². The Morgan fingerprint density at radius 1 is 1.64 bits per heavy atom. The average molecular weight is 181 g/mol. The second-order valence-electron chi connectivity index (χ2n) is 2.63. The summed E-state index contributed by atoms with van der Waals surface area (Å²) in [6.45, 7) is 2.39. The lowest BCUT2D eigenvalue weighted by atomic mass is 10.3. The molecule has 66 valence electrons. The molecule has 0 radical (unpaired) electrons. The third-order valence-electron chi connectivity index (χ3n) is 1.68. The molecular weight excluding hydrogens is 170 g/mol. The van der Waals surface area contributed by atoms with Crippen LogP contribution in [0.15, 0.2) is 0 Å². The molecule has 0 aromatic carbocycles. The van der Waals surface area contributed by atoms with E-state index >= 15 is 0 Å². The van der Waals surface area contributed by atoms with Gasteiger partial charge in [0, 0.05) is 13.1 Å². The van der Waals surface area contributed by atoms with E-state index in [2.05, 4.69) is 5.32 Å². The monoisotopic (exact) mass is 181 g/mol. The molecule has 1 rings (SSSR count). The molecule has 0 saturated carbocycles. The minimum absolute atomic E-state index is 0.131. The van der Waals surface area contributed by atoms with Crippen LogP contribution in [-0.4, -0.2) is 37.6 Å². The fraction of sp³-hybridized carbons (Fsp3) is 1.00. The molecule has 1 atom stereocenters. The standard InChI is InChI=1S/C5H11NO4S/c1-5(11(7,8)9)4-6-2-3-10-5/h6H,2-4H2,1H3,(H,7,8,9). The lowest BCUT2D eigenvalue weighted by Crippen LogP contribution is -2.52. The van der Waals surface area contributed by atoms with E-state index in [0.717, 1.165) is 0 Å². The van der Waals surface area contributed by atoms with E-state index in [-0.39, 0.29) is 6.54 Å². The molecule has 0 bridgehead atoms. The predicted molar refractivity (Wildman–Crippen MR) is 38.8 cm³/mol. The number of rotatable bonds is 1. The smallest absolute Gasteiger partial charge is 0.296 e. The van der Waals surface area contributed by atoms with Crippen LogP contribution in [0.4, 0.5) is 0 Å². The third-order valence-corrected chi connectivity index (χ3v) is 3.03. The summed E-state index contributed by atoms with van der Waals surface area (Å²) >= 11 is 0. The first kappa shape index (κ1) is 8.92. The molecule has 5 nitrogen and oxygen atoms in total. The summed E-state index contributed by atoms with van der Waals surface area (Å²) in [7, 11) is -4.11. The summed E-state index contributed by atoms with van der Waals surface area (Å²) in [6.07, 6.45) is 0. The Kier molecular flexibility index (Phi) is 2.19. The quantitative estimate of drug-likeness (QED) is 0.518. The third kappa shape index (κ3) is 1.70. The molecular formula is C5H11NO4S. The molecule has 6 heteroatoms. The lowest BCUT2D eigenvalue weighted by Gasteiger charge is -2.30. The molecule has 0 aromatic rings. The van der Waals surface area contributed by atoms with Crippen molar-refractivity contribution in [3.8, 4) is 0 Å². The van der Waals surface area contributed by atoms with Gasteiger partial charge in [-0.25, -0.2) is 0 Å². The molecule has 1 heterocycles.